The van der Waals surface area contributed by atoms with Gasteiger partial charge in [-0.05, 0) is 60.7 Å². The van der Waals surface area contributed by atoms with Gasteiger partial charge >= 0.3 is 6.09 Å². The zero-order valence-electron chi connectivity index (χ0n) is 20.7. The topological polar surface area (TPSA) is 71.8 Å². The molecule has 0 spiro atoms. The maximum atomic E-state index is 13.7. The van der Waals surface area contributed by atoms with Crippen LogP contribution in [0.1, 0.15) is 37.4 Å². The fourth-order valence-electron chi connectivity index (χ4n) is 5.67. The summed E-state index contributed by atoms with van der Waals surface area (Å²) in [4.78, 5) is 26.7. The number of carbonyl (C=O) groups is 1. The number of nitrogens with zero attached hydrogens (tertiary/aromatic N) is 2. The van der Waals surface area contributed by atoms with Crippen molar-refractivity contribution in [3.63, 3.8) is 0 Å². The molecule has 2 aromatic carbocycles. The Balaban J connectivity index is 1.37. The normalized spacial score (nSPS) is 26.4. The molecule has 1 N–H and O–H groups in total. The van der Waals surface area contributed by atoms with Gasteiger partial charge < -0.3 is 19.3 Å². The molecule has 5 rings (SSSR count). The van der Waals surface area contributed by atoms with Gasteiger partial charge in [-0.1, -0.05) is 36.4 Å². The molecule has 3 unspecified atom stereocenters. The van der Waals surface area contributed by atoms with Crippen LogP contribution in [0.2, 0.25) is 0 Å². The summed E-state index contributed by atoms with van der Waals surface area (Å²) in [6.45, 7) is 4.16. The van der Waals surface area contributed by atoms with Crippen molar-refractivity contribution in [2.24, 2.45) is 18.9 Å². The first-order valence-corrected chi connectivity index (χ1v) is 12.3. The van der Waals surface area contributed by atoms with Crippen LogP contribution in [0.4, 0.5) is 9.18 Å². The minimum absolute atomic E-state index is 0.0107. The van der Waals surface area contributed by atoms with E-state index in [4.69, 9.17) is 4.74 Å². The number of pyridine rings is 1. The Hall–Kier alpha value is -3.45. The highest BCUT2D eigenvalue weighted by Gasteiger charge is 2.56. The molecule has 7 heteroatoms. The number of cyclic esters (lactones) is 1. The third-order valence-electron chi connectivity index (χ3n) is 7.93. The standard InChI is InChI=1S/C29H31FN2O4/c1-18(20-7-9-21(10-8-20)22-11-12-27(33)31(3)16-22)32-17-25-24(15-29(25,2)35)26(36-28(32)34)14-19-5-4-6-23(30)13-19/h4-13,16,18,24-26,35H,14-15,17H2,1-3H3/t18-,24?,25?,26-,29?/m0/s1. The number of hydrogen-bond donors (Lipinski definition) is 1. The van der Waals surface area contributed by atoms with Crippen LogP contribution in [0, 0.1) is 17.7 Å². The number of halogens is 1. The van der Waals surface area contributed by atoms with Crippen molar-refractivity contribution in [3.8, 4) is 11.1 Å². The first kappa shape index (κ1) is 24.3. The number of ether oxygens (including phenoxy) is 1. The number of fused-ring (bicyclic) bond motifs is 1. The SMILES string of the molecule is C[C@@H](c1ccc(-c2ccc(=O)n(C)c2)cc1)N1CC2C(CC2(C)O)[C@H](Cc2cccc(F)c2)OC1=O. The van der Waals surface area contributed by atoms with Gasteiger partial charge in [-0.3, -0.25) is 4.79 Å². The second kappa shape index (κ2) is 9.21. The predicted octanol–water partition coefficient (Wildman–Crippen LogP) is 4.70. The average molecular weight is 491 g/mol. The Morgan fingerprint density at radius 3 is 2.50 bits per heavy atom. The van der Waals surface area contributed by atoms with Crippen molar-refractivity contribution in [2.45, 2.75) is 44.4 Å². The molecule has 1 aliphatic carbocycles. The lowest BCUT2D eigenvalue weighted by Crippen LogP contribution is -2.58. The van der Waals surface area contributed by atoms with Gasteiger partial charge in [-0.2, -0.15) is 0 Å². The van der Waals surface area contributed by atoms with Gasteiger partial charge in [0.15, 0.2) is 0 Å². The molecule has 6 nitrogen and oxygen atoms in total. The number of aryl methyl sites for hydroxylation is 1. The van der Waals surface area contributed by atoms with Crippen molar-refractivity contribution in [2.75, 3.05) is 6.54 Å². The minimum Gasteiger partial charge on any atom is -0.445 e. The molecule has 36 heavy (non-hydrogen) atoms. The predicted molar refractivity (Wildman–Crippen MR) is 135 cm³/mol. The van der Waals surface area contributed by atoms with Gasteiger partial charge in [0.05, 0.1) is 11.6 Å². The molecule has 0 bridgehead atoms. The number of rotatable bonds is 5. The number of hydrogen-bond acceptors (Lipinski definition) is 4. The van der Waals surface area contributed by atoms with Crippen LogP contribution < -0.4 is 5.56 Å². The third-order valence-corrected chi connectivity index (χ3v) is 7.93. The Morgan fingerprint density at radius 2 is 1.83 bits per heavy atom. The number of carbonyl (C=O) groups excluding carboxylic acids is 1. The summed E-state index contributed by atoms with van der Waals surface area (Å²) < 4.78 is 21.3. The van der Waals surface area contributed by atoms with Crippen LogP contribution in [-0.2, 0) is 18.2 Å². The number of aliphatic hydroxyl groups is 1. The molecule has 5 atom stereocenters. The summed E-state index contributed by atoms with van der Waals surface area (Å²) in [6.07, 6.45) is 1.91. The highest BCUT2D eigenvalue weighted by atomic mass is 19.1. The molecule has 2 heterocycles. The summed E-state index contributed by atoms with van der Waals surface area (Å²) >= 11 is 0. The van der Waals surface area contributed by atoms with Gasteiger partial charge in [-0.25, -0.2) is 9.18 Å². The van der Waals surface area contributed by atoms with Crippen LogP contribution >= 0.6 is 0 Å². The lowest BCUT2D eigenvalue weighted by molar-refractivity contribution is -0.150. The Bertz CT molecular complexity index is 1330. The highest BCUT2D eigenvalue weighted by molar-refractivity contribution is 5.69. The van der Waals surface area contributed by atoms with Gasteiger partial charge in [0.25, 0.3) is 0 Å². The van der Waals surface area contributed by atoms with Crippen LogP contribution in [0.15, 0.2) is 71.7 Å². The number of benzene rings is 2. The molecular weight excluding hydrogens is 459 g/mol. The molecule has 2 aliphatic rings. The molecule has 1 amide bonds. The summed E-state index contributed by atoms with van der Waals surface area (Å²) in [5.41, 5.74) is 2.66. The Labute approximate surface area is 209 Å². The lowest BCUT2D eigenvalue weighted by atomic mass is 9.59. The number of aromatic nitrogens is 1. The van der Waals surface area contributed by atoms with Crippen molar-refractivity contribution in [1.29, 1.82) is 0 Å². The molecule has 1 saturated heterocycles. The molecule has 3 aromatic rings. The van der Waals surface area contributed by atoms with Crippen LogP contribution in [-0.4, -0.2) is 38.9 Å². The van der Waals surface area contributed by atoms with Crippen molar-refractivity contribution < 1.29 is 19.0 Å². The van der Waals surface area contributed by atoms with E-state index in [2.05, 4.69) is 0 Å². The molecule has 1 saturated carbocycles. The van der Waals surface area contributed by atoms with E-state index >= 15 is 0 Å². The molecule has 0 radical (unpaired) electrons. The third kappa shape index (κ3) is 4.55. The minimum atomic E-state index is -0.885. The van der Waals surface area contributed by atoms with E-state index in [-0.39, 0.29) is 29.3 Å². The fraction of sp³-hybridized carbons (Fsp3) is 0.379. The van der Waals surface area contributed by atoms with E-state index in [0.717, 1.165) is 22.3 Å². The van der Waals surface area contributed by atoms with E-state index in [0.29, 0.717) is 19.4 Å². The summed E-state index contributed by atoms with van der Waals surface area (Å²) in [5, 5.41) is 10.9. The molecule has 2 fully saturated rings. The first-order chi connectivity index (χ1) is 17.1. The lowest BCUT2D eigenvalue weighted by Gasteiger charge is -2.51. The summed E-state index contributed by atoms with van der Waals surface area (Å²) in [5.74, 6) is -0.438. The van der Waals surface area contributed by atoms with Gasteiger partial charge in [0, 0.05) is 44.1 Å². The maximum Gasteiger partial charge on any atom is 0.410 e. The van der Waals surface area contributed by atoms with Crippen LogP contribution in [0.25, 0.3) is 11.1 Å². The van der Waals surface area contributed by atoms with Crippen LogP contribution in [0.5, 0.6) is 0 Å². The fourth-order valence-corrected chi connectivity index (χ4v) is 5.67. The maximum absolute atomic E-state index is 13.7. The molecule has 188 valence electrons. The zero-order valence-corrected chi connectivity index (χ0v) is 20.7. The van der Waals surface area contributed by atoms with Crippen molar-refractivity contribution in [3.05, 3.63) is 94.2 Å². The van der Waals surface area contributed by atoms with E-state index in [1.807, 2.05) is 44.2 Å². The second-order valence-electron chi connectivity index (χ2n) is 10.4. The summed E-state index contributed by atoms with van der Waals surface area (Å²) in [6, 6.07) is 17.3. The average Bonchev–Trinajstić information content (AvgIpc) is 2.95. The zero-order chi connectivity index (χ0) is 25.6. The summed E-state index contributed by atoms with van der Waals surface area (Å²) in [7, 11) is 1.72. The van der Waals surface area contributed by atoms with E-state index in [1.54, 1.807) is 40.9 Å². The highest BCUT2D eigenvalue weighted by Crippen LogP contribution is 2.49. The largest absolute Gasteiger partial charge is 0.445 e. The van der Waals surface area contributed by atoms with E-state index < -0.39 is 17.8 Å². The van der Waals surface area contributed by atoms with Gasteiger partial charge in [-0.15, -0.1) is 0 Å². The van der Waals surface area contributed by atoms with E-state index in [9.17, 15) is 19.1 Å². The Kier molecular flexibility index (Phi) is 6.20. The molecule has 1 aromatic heterocycles. The van der Waals surface area contributed by atoms with Gasteiger partial charge in [0.2, 0.25) is 5.56 Å². The van der Waals surface area contributed by atoms with Crippen LogP contribution in [0.3, 0.4) is 0 Å². The monoisotopic (exact) mass is 490 g/mol. The van der Waals surface area contributed by atoms with E-state index in [1.165, 1.54) is 12.1 Å². The quantitative estimate of drug-likeness (QED) is 0.563. The smallest absolute Gasteiger partial charge is 0.410 e. The molecule has 1 aliphatic heterocycles. The van der Waals surface area contributed by atoms with Crippen molar-refractivity contribution >= 4 is 6.09 Å². The first-order valence-electron chi connectivity index (χ1n) is 12.3. The second-order valence-corrected chi connectivity index (χ2v) is 10.4. The number of amides is 1. The Morgan fingerprint density at radius 1 is 1.11 bits per heavy atom. The van der Waals surface area contributed by atoms with Crippen molar-refractivity contribution in [1.82, 2.24) is 9.47 Å². The molecular formula is C29H31FN2O4. The van der Waals surface area contributed by atoms with Gasteiger partial charge in [0.1, 0.15) is 11.9 Å².